The maximum Gasteiger partial charge on any atom is 0.132 e. The summed E-state index contributed by atoms with van der Waals surface area (Å²) in [7, 11) is 0. The molecule has 11 aromatic carbocycles. The molecule has 2 aliphatic heterocycles. The first-order valence-corrected chi connectivity index (χ1v) is 25.7. The minimum absolute atomic E-state index is 0.538. The number of aromatic nitrogens is 1. The van der Waals surface area contributed by atoms with Crippen LogP contribution in [0.25, 0.3) is 49.7 Å². The van der Waals surface area contributed by atoms with Crippen molar-refractivity contribution in [3.8, 4) is 39.4 Å². The van der Waals surface area contributed by atoms with E-state index in [0.29, 0.717) is 0 Å². The van der Waals surface area contributed by atoms with Crippen molar-refractivity contribution in [3.63, 3.8) is 0 Å². The van der Waals surface area contributed by atoms with E-state index in [1.807, 2.05) is 11.8 Å². The van der Waals surface area contributed by atoms with E-state index in [0.717, 1.165) is 45.4 Å². The number of rotatable bonds is 4. The Hall–Kier alpha value is -8.83. The summed E-state index contributed by atoms with van der Waals surface area (Å²) in [5.74, 6) is 1.77. The molecule has 0 saturated carbocycles. The van der Waals surface area contributed by atoms with Crippen molar-refractivity contribution in [2.45, 2.75) is 20.6 Å². The highest BCUT2D eigenvalue weighted by Gasteiger charge is 2.54. The van der Waals surface area contributed by atoms with Crippen LogP contribution in [0, 0.1) is 0 Å². The normalized spacial score (nSPS) is 14.4. The van der Waals surface area contributed by atoms with Crippen molar-refractivity contribution in [2.75, 3.05) is 4.90 Å². The maximum atomic E-state index is 6.80. The molecule has 16 rings (SSSR count). The Morgan fingerprint density at radius 3 is 1.42 bits per heavy atom. The van der Waals surface area contributed by atoms with Crippen LogP contribution in [0.5, 0.6) is 11.5 Å². The first-order valence-electron chi connectivity index (χ1n) is 24.8. The van der Waals surface area contributed by atoms with Gasteiger partial charge in [0.05, 0.1) is 33.2 Å². The number of para-hydroxylation sites is 4. The third-order valence-electron chi connectivity index (χ3n) is 16.1. The zero-order chi connectivity index (χ0) is 47.1. The fourth-order valence-corrected chi connectivity index (χ4v) is 14.7. The van der Waals surface area contributed by atoms with Crippen molar-refractivity contribution in [1.82, 2.24) is 4.57 Å². The van der Waals surface area contributed by atoms with E-state index in [-0.39, 0.29) is 0 Å². The quantitative estimate of drug-likeness (QED) is 0.175. The van der Waals surface area contributed by atoms with Gasteiger partial charge in [-0.25, -0.2) is 0 Å². The zero-order valence-corrected chi connectivity index (χ0v) is 39.8. The maximum absolute atomic E-state index is 6.80. The van der Waals surface area contributed by atoms with Gasteiger partial charge in [-0.15, -0.1) is 0 Å². The number of ether oxygens (including phenoxy) is 1. The molecule has 4 heteroatoms. The standard InChI is InChI=1S/C68H42N2OS/c1-2-20-43(21-3-1)69-57-33-13-6-22-45(57)48-42-44(40-41-58(48)69)70(59-34-18-31-55-65(59)46-23-4-7-25-49(46)67(55)51-27-9-14-36-61(51)71-62-37-15-10-28-52(62)67)60-35-19-32-56-66(60)47-24-5-8-26-50(47)68(56)53-29-11-16-38-63(53)72-64-39-17-12-30-54(64)68/h1-42H. The number of hydrogen-bond acceptors (Lipinski definition) is 3. The Kier molecular flexibility index (Phi) is 8.24. The Labute approximate surface area is 421 Å². The summed E-state index contributed by atoms with van der Waals surface area (Å²) < 4.78 is 9.21. The molecule has 0 radical (unpaired) electrons. The molecule has 0 saturated heterocycles. The molecule has 0 unspecified atom stereocenters. The molecule has 1 aromatic heterocycles. The van der Waals surface area contributed by atoms with Crippen LogP contribution in [0.4, 0.5) is 17.1 Å². The van der Waals surface area contributed by atoms with Gasteiger partial charge >= 0.3 is 0 Å². The van der Waals surface area contributed by atoms with Crippen LogP contribution in [0.1, 0.15) is 44.5 Å². The number of benzene rings is 11. The molecular weight excluding hydrogens is 893 g/mol. The van der Waals surface area contributed by atoms with E-state index in [9.17, 15) is 0 Å². The predicted molar refractivity (Wildman–Crippen MR) is 294 cm³/mol. The van der Waals surface area contributed by atoms with Gasteiger partial charge < -0.3 is 14.2 Å². The first kappa shape index (κ1) is 40.0. The predicted octanol–water partition coefficient (Wildman–Crippen LogP) is 17.5. The molecule has 2 spiro atoms. The van der Waals surface area contributed by atoms with Crippen LogP contribution in [0.2, 0.25) is 0 Å². The van der Waals surface area contributed by atoms with E-state index < -0.39 is 10.8 Å². The van der Waals surface area contributed by atoms with Gasteiger partial charge in [0.1, 0.15) is 11.5 Å². The lowest BCUT2D eigenvalue weighted by molar-refractivity contribution is 0.436. The van der Waals surface area contributed by atoms with Gasteiger partial charge in [-0.05, 0) is 117 Å². The molecule has 4 aliphatic rings. The second-order valence-corrected chi connectivity index (χ2v) is 20.5. The summed E-state index contributed by atoms with van der Waals surface area (Å²) in [4.78, 5) is 5.19. The highest BCUT2D eigenvalue weighted by molar-refractivity contribution is 7.99. The molecule has 3 heterocycles. The number of anilines is 3. The van der Waals surface area contributed by atoms with E-state index >= 15 is 0 Å². The summed E-state index contributed by atoms with van der Waals surface area (Å²) in [6, 6.07) is 94.7. The Balaban J connectivity index is 1.04. The van der Waals surface area contributed by atoms with E-state index in [1.54, 1.807) is 0 Å². The average molecular weight is 935 g/mol. The molecule has 0 bridgehead atoms. The second kappa shape index (κ2) is 14.8. The van der Waals surface area contributed by atoms with Crippen molar-refractivity contribution in [2.24, 2.45) is 0 Å². The monoisotopic (exact) mass is 934 g/mol. The van der Waals surface area contributed by atoms with Crippen molar-refractivity contribution in [1.29, 1.82) is 0 Å². The van der Waals surface area contributed by atoms with Crippen molar-refractivity contribution >= 4 is 50.6 Å². The lowest BCUT2D eigenvalue weighted by atomic mass is 9.66. The van der Waals surface area contributed by atoms with Crippen LogP contribution >= 0.6 is 11.8 Å². The number of fused-ring (bicyclic) bond motifs is 21. The topological polar surface area (TPSA) is 17.4 Å². The van der Waals surface area contributed by atoms with Gasteiger partial charge in [0.25, 0.3) is 0 Å². The minimum atomic E-state index is -0.630. The SMILES string of the molecule is c1ccc(-n2c3ccccc3c3cc(N(c4cccc5c4-c4ccccc4C54c5ccccc5Oc5ccccc54)c4cccc5c4-c4ccccc4C54c5ccccc5Sc5ccccc54)ccc32)cc1. The van der Waals surface area contributed by atoms with Crippen LogP contribution in [-0.2, 0) is 10.8 Å². The van der Waals surface area contributed by atoms with E-state index in [2.05, 4.69) is 264 Å². The number of nitrogens with zero attached hydrogens (tertiary/aromatic N) is 2. The second-order valence-electron chi connectivity index (χ2n) is 19.4. The molecule has 0 N–H and O–H groups in total. The first-order chi connectivity index (χ1) is 35.7. The van der Waals surface area contributed by atoms with Gasteiger partial charge in [-0.1, -0.05) is 194 Å². The van der Waals surface area contributed by atoms with Gasteiger partial charge in [0.2, 0.25) is 0 Å². The summed E-state index contributed by atoms with van der Waals surface area (Å²) in [6.07, 6.45) is 0. The third-order valence-corrected chi connectivity index (χ3v) is 17.3. The summed E-state index contributed by atoms with van der Waals surface area (Å²) in [6.45, 7) is 0. The zero-order valence-electron chi connectivity index (χ0n) is 39.0. The molecule has 12 aromatic rings. The van der Waals surface area contributed by atoms with Crippen molar-refractivity contribution in [3.05, 3.63) is 299 Å². The Morgan fingerprint density at radius 1 is 0.347 bits per heavy atom. The molecule has 0 amide bonds. The van der Waals surface area contributed by atoms with Crippen LogP contribution in [0.3, 0.4) is 0 Å². The Morgan fingerprint density at radius 2 is 0.806 bits per heavy atom. The molecule has 2 aliphatic carbocycles. The van der Waals surface area contributed by atoms with Crippen LogP contribution in [-0.4, -0.2) is 4.57 Å². The van der Waals surface area contributed by atoms with Gasteiger partial charge in [0, 0.05) is 54.2 Å². The third kappa shape index (κ3) is 5.06. The molecule has 3 nitrogen and oxygen atoms in total. The fraction of sp³-hybridized carbons (Fsp3) is 0.0294. The summed E-state index contributed by atoms with van der Waals surface area (Å²) >= 11 is 1.89. The summed E-state index contributed by atoms with van der Waals surface area (Å²) in [5, 5.41) is 2.41. The average Bonchev–Trinajstić information content (AvgIpc) is 4.05. The smallest absolute Gasteiger partial charge is 0.132 e. The van der Waals surface area contributed by atoms with Crippen LogP contribution < -0.4 is 9.64 Å². The van der Waals surface area contributed by atoms with E-state index in [4.69, 9.17) is 4.74 Å². The highest BCUT2D eigenvalue weighted by Crippen LogP contribution is 2.67. The summed E-state index contributed by atoms with van der Waals surface area (Å²) in [5.41, 5.74) is 20.7. The van der Waals surface area contributed by atoms with Gasteiger partial charge in [-0.2, -0.15) is 0 Å². The fourth-order valence-electron chi connectivity index (χ4n) is 13.5. The highest BCUT2D eigenvalue weighted by atomic mass is 32.2. The largest absolute Gasteiger partial charge is 0.457 e. The lowest BCUT2D eigenvalue weighted by Crippen LogP contribution is -2.32. The van der Waals surface area contributed by atoms with Gasteiger partial charge in [0.15, 0.2) is 0 Å². The van der Waals surface area contributed by atoms with Crippen molar-refractivity contribution < 1.29 is 4.74 Å². The lowest BCUT2D eigenvalue weighted by Gasteiger charge is -2.40. The van der Waals surface area contributed by atoms with E-state index in [1.165, 1.54) is 87.2 Å². The molecule has 0 fully saturated rings. The Bertz CT molecular complexity index is 3980. The minimum Gasteiger partial charge on any atom is -0.457 e. The number of hydrogen-bond donors (Lipinski definition) is 0. The molecule has 72 heavy (non-hydrogen) atoms. The van der Waals surface area contributed by atoms with Gasteiger partial charge in [-0.3, -0.25) is 0 Å². The molecule has 0 atom stereocenters. The molecule has 336 valence electrons. The molecular formula is C68H42N2OS. The van der Waals surface area contributed by atoms with Crippen LogP contribution in [0.15, 0.2) is 265 Å².